The number of hydrogen-bond donors (Lipinski definition) is 4. The van der Waals surface area contributed by atoms with Gasteiger partial charge in [0.1, 0.15) is 6.10 Å². The Hall–Kier alpha value is -1.85. The standard InChI is InChI=1S/C18H20ClN3O3S/c1-3-6-20-17(25)11-8-13(23)16(24)14-15(11)22(18(26)21-14)10-5-4-9(2)12(19)7-10/h1,4-5,7,11,13-16,23-24H,6,8H2,2H3,(H,20,25)(H,21,26)/t11-,13-,14-,15+,16+/m1/s1. The number of rotatable bonds is 3. The lowest BCUT2D eigenvalue weighted by atomic mass is 9.77. The van der Waals surface area contributed by atoms with Gasteiger partial charge >= 0.3 is 0 Å². The second kappa shape index (κ2) is 7.41. The van der Waals surface area contributed by atoms with Gasteiger partial charge in [0.2, 0.25) is 5.91 Å². The van der Waals surface area contributed by atoms with Crippen LogP contribution >= 0.6 is 23.8 Å². The summed E-state index contributed by atoms with van der Waals surface area (Å²) in [5.74, 6) is 1.49. The first kappa shape index (κ1) is 18.9. The minimum absolute atomic E-state index is 0.0968. The molecule has 0 spiro atoms. The normalized spacial score (nSPS) is 30.3. The van der Waals surface area contributed by atoms with Gasteiger partial charge in [0.25, 0.3) is 0 Å². The number of nitrogens with one attached hydrogen (secondary N) is 2. The third-order valence-corrected chi connectivity index (χ3v) is 5.70. The van der Waals surface area contributed by atoms with E-state index in [1.807, 2.05) is 19.1 Å². The number of aryl methyl sites for hydroxylation is 1. The number of anilines is 1. The molecule has 1 aromatic rings. The maximum Gasteiger partial charge on any atom is 0.226 e. The number of benzene rings is 1. The molecule has 4 N–H and O–H groups in total. The molecule has 0 bridgehead atoms. The zero-order valence-electron chi connectivity index (χ0n) is 14.1. The number of carbonyl (C=O) groups is 1. The van der Waals surface area contributed by atoms with E-state index in [9.17, 15) is 15.0 Å². The van der Waals surface area contributed by atoms with Gasteiger partial charge in [0, 0.05) is 10.7 Å². The van der Waals surface area contributed by atoms with Crippen molar-refractivity contribution in [3.8, 4) is 12.3 Å². The van der Waals surface area contributed by atoms with Gasteiger partial charge in [-0.3, -0.25) is 4.79 Å². The number of nitrogens with zero attached hydrogens (tertiary/aromatic N) is 1. The number of aliphatic hydroxyl groups is 2. The van der Waals surface area contributed by atoms with Crippen LogP contribution in [0.5, 0.6) is 0 Å². The Morgan fingerprint density at radius 3 is 2.92 bits per heavy atom. The van der Waals surface area contributed by atoms with Crippen molar-refractivity contribution in [3.63, 3.8) is 0 Å². The van der Waals surface area contributed by atoms with Gasteiger partial charge in [0.15, 0.2) is 5.11 Å². The summed E-state index contributed by atoms with van der Waals surface area (Å²) in [7, 11) is 0. The van der Waals surface area contributed by atoms with E-state index in [-0.39, 0.29) is 18.9 Å². The predicted octanol–water partition coefficient (Wildman–Crippen LogP) is 0.571. The van der Waals surface area contributed by atoms with Gasteiger partial charge in [-0.2, -0.15) is 0 Å². The molecule has 1 saturated heterocycles. The zero-order valence-corrected chi connectivity index (χ0v) is 15.7. The second-order valence-electron chi connectivity index (χ2n) is 6.59. The molecule has 1 amide bonds. The number of carbonyl (C=O) groups excluding carboxylic acids is 1. The molecule has 2 aliphatic rings. The second-order valence-corrected chi connectivity index (χ2v) is 7.39. The van der Waals surface area contributed by atoms with E-state index >= 15 is 0 Å². The molecule has 0 aromatic heterocycles. The predicted molar refractivity (Wildman–Crippen MR) is 104 cm³/mol. The van der Waals surface area contributed by atoms with Crippen molar-refractivity contribution in [3.05, 3.63) is 28.8 Å². The van der Waals surface area contributed by atoms with Crippen LogP contribution in [0.25, 0.3) is 0 Å². The minimum Gasteiger partial charge on any atom is -0.390 e. The van der Waals surface area contributed by atoms with Crippen molar-refractivity contribution in [1.29, 1.82) is 0 Å². The number of thiocarbonyl (C=S) groups is 1. The summed E-state index contributed by atoms with van der Waals surface area (Å²) in [6.07, 6.45) is 3.26. The number of aliphatic hydroxyl groups excluding tert-OH is 2. The summed E-state index contributed by atoms with van der Waals surface area (Å²) in [6.45, 7) is 1.99. The molecule has 3 rings (SSSR count). The molecule has 2 fully saturated rings. The van der Waals surface area contributed by atoms with Gasteiger partial charge < -0.3 is 25.7 Å². The monoisotopic (exact) mass is 393 g/mol. The van der Waals surface area contributed by atoms with Crippen molar-refractivity contribution in [2.75, 3.05) is 11.4 Å². The molecule has 0 radical (unpaired) electrons. The Kier molecular flexibility index (Phi) is 5.39. The smallest absolute Gasteiger partial charge is 0.226 e. The van der Waals surface area contributed by atoms with Gasteiger partial charge in [0.05, 0.1) is 30.7 Å². The number of hydrogen-bond acceptors (Lipinski definition) is 4. The average Bonchev–Trinajstić information content (AvgIpc) is 2.95. The van der Waals surface area contributed by atoms with E-state index in [0.717, 1.165) is 11.3 Å². The fraction of sp³-hybridized carbons (Fsp3) is 0.444. The first-order chi connectivity index (χ1) is 12.3. The third-order valence-electron chi connectivity index (χ3n) is 4.98. The highest BCUT2D eigenvalue weighted by Crippen LogP contribution is 2.37. The summed E-state index contributed by atoms with van der Waals surface area (Å²) in [4.78, 5) is 14.4. The maximum absolute atomic E-state index is 12.6. The summed E-state index contributed by atoms with van der Waals surface area (Å²) in [5.41, 5.74) is 1.65. The summed E-state index contributed by atoms with van der Waals surface area (Å²) >= 11 is 11.7. The zero-order chi connectivity index (χ0) is 19.0. The fourth-order valence-electron chi connectivity index (χ4n) is 3.64. The topological polar surface area (TPSA) is 84.8 Å². The van der Waals surface area contributed by atoms with Crippen LogP contribution in [0.15, 0.2) is 18.2 Å². The van der Waals surface area contributed by atoms with Crippen molar-refractivity contribution >= 4 is 40.5 Å². The van der Waals surface area contributed by atoms with Gasteiger partial charge in [-0.05, 0) is 43.3 Å². The highest BCUT2D eigenvalue weighted by molar-refractivity contribution is 7.80. The van der Waals surface area contributed by atoms with E-state index < -0.39 is 30.2 Å². The molecule has 0 unspecified atom stereocenters. The molecule has 26 heavy (non-hydrogen) atoms. The molecule has 1 aliphatic carbocycles. The first-order valence-electron chi connectivity index (χ1n) is 8.28. The maximum atomic E-state index is 12.6. The molecule has 1 aliphatic heterocycles. The van der Waals surface area contributed by atoms with Crippen LogP contribution in [-0.2, 0) is 4.79 Å². The van der Waals surface area contributed by atoms with Crippen LogP contribution in [-0.4, -0.2) is 52.1 Å². The SMILES string of the molecule is C#CCNC(=O)[C@@H]1C[C@@H](O)[C@H](O)[C@@H]2NC(=S)N(c3ccc(C)c(Cl)c3)[C@H]21. The van der Waals surface area contributed by atoms with Crippen LogP contribution in [0, 0.1) is 25.2 Å². The van der Waals surface area contributed by atoms with Gasteiger partial charge in [-0.15, -0.1) is 6.42 Å². The lowest BCUT2D eigenvalue weighted by molar-refractivity contribution is -0.130. The van der Waals surface area contributed by atoms with E-state index in [4.69, 9.17) is 30.2 Å². The van der Waals surface area contributed by atoms with Crippen molar-refractivity contribution in [1.82, 2.24) is 10.6 Å². The molecule has 6 nitrogen and oxygen atoms in total. The van der Waals surface area contributed by atoms with Crippen LogP contribution in [0.2, 0.25) is 5.02 Å². The van der Waals surface area contributed by atoms with E-state index in [1.165, 1.54) is 0 Å². The Morgan fingerprint density at radius 2 is 2.27 bits per heavy atom. The molecule has 138 valence electrons. The Morgan fingerprint density at radius 1 is 1.54 bits per heavy atom. The average molecular weight is 394 g/mol. The van der Waals surface area contributed by atoms with Crippen LogP contribution in [0.1, 0.15) is 12.0 Å². The van der Waals surface area contributed by atoms with Crippen molar-refractivity contribution in [2.45, 2.75) is 37.6 Å². The summed E-state index contributed by atoms with van der Waals surface area (Å²) in [5, 5.41) is 27.3. The number of terminal acetylenes is 1. The molecule has 5 atom stereocenters. The van der Waals surface area contributed by atoms with E-state index in [2.05, 4.69) is 16.6 Å². The molecule has 1 heterocycles. The van der Waals surface area contributed by atoms with Gasteiger partial charge in [-0.25, -0.2) is 0 Å². The molecular weight excluding hydrogens is 374 g/mol. The third kappa shape index (κ3) is 3.26. The Bertz CT molecular complexity index is 781. The molecule has 8 heteroatoms. The molecule has 1 saturated carbocycles. The largest absolute Gasteiger partial charge is 0.390 e. The summed E-state index contributed by atoms with van der Waals surface area (Å²) < 4.78 is 0. The Labute approximate surface area is 162 Å². The number of fused-ring (bicyclic) bond motifs is 1. The Balaban J connectivity index is 1.99. The lowest BCUT2D eigenvalue weighted by Crippen LogP contribution is -2.61. The molecular formula is C18H20ClN3O3S. The highest BCUT2D eigenvalue weighted by Gasteiger charge is 2.53. The lowest BCUT2D eigenvalue weighted by Gasteiger charge is -2.41. The van der Waals surface area contributed by atoms with E-state index in [0.29, 0.717) is 10.1 Å². The minimum atomic E-state index is -1.04. The van der Waals surface area contributed by atoms with Crippen molar-refractivity contribution in [2.24, 2.45) is 5.92 Å². The van der Waals surface area contributed by atoms with Crippen LogP contribution in [0.3, 0.4) is 0 Å². The van der Waals surface area contributed by atoms with Crippen molar-refractivity contribution < 1.29 is 15.0 Å². The molecule has 1 aromatic carbocycles. The first-order valence-corrected chi connectivity index (χ1v) is 9.07. The number of amides is 1. The van der Waals surface area contributed by atoms with E-state index in [1.54, 1.807) is 11.0 Å². The van der Waals surface area contributed by atoms with Crippen LogP contribution < -0.4 is 15.5 Å². The highest BCUT2D eigenvalue weighted by atomic mass is 35.5. The van der Waals surface area contributed by atoms with Gasteiger partial charge in [-0.1, -0.05) is 23.6 Å². The quantitative estimate of drug-likeness (QED) is 0.444. The van der Waals surface area contributed by atoms with Crippen LogP contribution in [0.4, 0.5) is 5.69 Å². The summed E-state index contributed by atoms with van der Waals surface area (Å²) in [6, 6.07) is 4.48. The fourth-order valence-corrected chi connectivity index (χ4v) is 4.18. The number of halogens is 1.